The van der Waals surface area contributed by atoms with Gasteiger partial charge >= 0.3 is 0 Å². The number of methoxy groups -OCH3 is 1. The van der Waals surface area contributed by atoms with E-state index in [9.17, 15) is 4.79 Å². The van der Waals surface area contributed by atoms with E-state index >= 15 is 0 Å². The zero-order valence-electron chi connectivity index (χ0n) is 17.2. The van der Waals surface area contributed by atoms with Crippen molar-refractivity contribution in [1.82, 2.24) is 4.98 Å². The van der Waals surface area contributed by atoms with Crippen LogP contribution in [0, 0.1) is 13.8 Å². The molecule has 0 bridgehead atoms. The van der Waals surface area contributed by atoms with Gasteiger partial charge in [-0.25, -0.2) is 4.98 Å². The van der Waals surface area contributed by atoms with E-state index in [0.29, 0.717) is 13.0 Å². The normalized spacial score (nSPS) is 11.2. The minimum absolute atomic E-state index is 0.0693. The van der Waals surface area contributed by atoms with E-state index in [4.69, 9.17) is 9.72 Å². The largest absolute Gasteiger partial charge is 0.497 e. The van der Waals surface area contributed by atoms with E-state index in [1.807, 2.05) is 29.2 Å². The van der Waals surface area contributed by atoms with Crippen molar-refractivity contribution in [1.29, 1.82) is 0 Å². The molecule has 0 atom stereocenters. The van der Waals surface area contributed by atoms with Crippen molar-refractivity contribution in [2.75, 3.05) is 39.2 Å². The Morgan fingerprint density at radius 3 is 2.54 bits per heavy atom. The molecule has 0 saturated carbocycles. The first-order chi connectivity index (χ1) is 13.4. The molecule has 28 heavy (non-hydrogen) atoms. The van der Waals surface area contributed by atoms with Crippen LogP contribution in [0.25, 0.3) is 10.2 Å². The Morgan fingerprint density at radius 2 is 1.89 bits per heavy atom. The van der Waals surface area contributed by atoms with Crippen LogP contribution in [-0.2, 0) is 11.2 Å². The molecule has 1 aromatic heterocycles. The summed E-state index contributed by atoms with van der Waals surface area (Å²) < 4.78 is 6.36. The lowest BCUT2D eigenvalue weighted by Crippen LogP contribution is -3.06. The zero-order valence-corrected chi connectivity index (χ0v) is 18.0. The van der Waals surface area contributed by atoms with Crippen molar-refractivity contribution in [2.24, 2.45) is 0 Å². The average molecular weight is 399 g/mol. The number of aryl methyl sites for hydroxylation is 2. The number of ether oxygens (including phenoxy) is 1. The smallest absolute Gasteiger partial charge is 0.233 e. The van der Waals surface area contributed by atoms with Crippen LogP contribution in [0.4, 0.5) is 5.13 Å². The Kier molecular flexibility index (Phi) is 6.31. The number of anilines is 1. The fraction of sp³-hybridized carbons (Fsp3) is 0.364. The monoisotopic (exact) mass is 398 g/mol. The summed E-state index contributed by atoms with van der Waals surface area (Å²) in [6.45, 7) is 5.69. The van der Waals surface area contributed by atoms with Crippen LogP contribution in [0.1, 0.15) is 16.7 Å². The molecule has 0 radical (unpaired) electrons. The minimum Gasteiger partial charge on any atom is -0.497 e. The van der Waals surface area contributed by atoms with Crippen molar-refractivity contribution < 1.29 is 14.4 Å². The molecule has 3 rings (SSSR count). The number of carbonyl (C=O) groups is 1. The second-order valence-electron chi connectivity index (χ2n) is 7.45. The third-order valence-corrected chi connectivity index (χ3v) is 5.92. The van der Waals surface area contributed by atoms with E-state index in [2.05, 4.69) is 40.1 Å². The number of amides is 1. The highest BCUT2D eigenvalue weighted by atomic mass is 32.1. The number of rotatable bonds is 7. The van der Waals surface area contributed by atoms with Crippen molar-refractivity contribution in [3.63, 3.8) is 0 Å². The van der Waals surface area contributed by atoms with E-state index in [1.54, 1.807) is 18.4 Å². The van der Waals surface area contributed by atoms with Gasteiger partial charge in [-0.3, -0.25) is 9.69 Å². The van der Waals surface area contributed by atoms with Gasteiger partial charge in [-0.05, 0) is 48.7 Å². The fourth-order valence-corrected chi connectivity index (χ4v) is 4.22. The average Bonchev–Trinajstić information content (AvgIpc) is 3.06. The summed E-state index contributed by atoms with van der Waals surface area (Å²) in [5.41, 5.74) is 4.34. The molecule has 5 nitrogen and oxygen atoms in total. The maximum Gasteiger partial charge on any atom is 0.233 e. The van der Waals surface area contributed by atoms with E-state index in [-0.39, 0.29) is 5.91 Å². The van der Waals surface area contributed by atoms with Gasteiger partial charge in [0.05, 0.1) is 50.9 Å². The summed E-state index contributed by atoms with van der Waals surface area (Å²) in [5.74, 6) is 0.862. The SMILES string of the molecule is COc1ccc(CC(=O)N(CC[NH+](C)C)c2nc3cc(C)cc(C)c3s2)cc1. The fourth-order valence-electron chi connectivity index (χ4n) is 3.16. The van der Waals surface area contributed by atoms with E-state index < -0.39 is 0 Å². The lowest BCUT2D eigenvalue weighted by atomic mass is 10.1. The van der Waals surface area contributed by atoms with Crippen molar-refractivity contribution in [3.05, 3.63) is 53.1 Å². The number of likely N-dealkylation sites (N-methyl/N-ethyl adjacent to an activating group) is 1. The Labute approximate surface area is 170 Å². The molecule has 6 heteroatoms. The quantitative estimate of drug-likeness (QED) is 0.666. The van der Waals surface area contributed by atoms with Crippen molar-refractivity contribution >= 4 is 32.6 Å². The minimum atomic E-state index is 0.0693. The molecule has 0 fully saturated rings. The molecule has 2 aromatic carbocycles. The maximum absolute atomic E-state index is 13.2. The van der Waals surface area contributed by atoms with Crippen molar-refractivity contribution in [3.8, 4) is 5.75 Å². The Balaban J connectivity index is 1.89. The van der Waals surface area contributed by atoms with E-state index in [1.165, 1.54) is 16.0 Å². The standard InChI is InChI=1S/C22H27N3O2S/c1-15-12-16(2)21-19(13-15)23-22(28-21)25(11-10-24(3)4)20(26)14-17-6-8-18(27-5)9-7-17/h6-9,12-13H,10-11,14H2,1-5H3/p+1. The molecular formula is C22H28N3O2S+. The Morgan fingerprint density at radius 1 is 1.18 bits per heavy atom. The number of aromatic nitrogens is 1. The number of fused-ring (bicyclic) bond motifs is 1. The van der Waals surface area contributed by atoms with Crippen LogP contribution in [0.5, 0.6) is 5.75 Å². The molecule has 1 N–H and O–H groups in total. The number of benzene rings is 2. The first kappa shape index (κ1) is 20.3. The first-order valence-electron chi connectivity index (χ1n) is 9.47. The second kappa shape index (κ2) is 8.71. The molecule has 0 aliphatic heterocycles. The van der Waals surface area contributed by atoms with Crippen LogP contribution in [0.2, 0.25) is 0 Å². The second-order valence-corrected chi connectivity index (χ2v) is 8.43. The van der Waals surface area contributed by atoms with Gasteiger partial charge in [-0.15, -0.1) is 0 Å². The molecule has 148 valence electrons. The highest BCUT2D eigenvalue weighted by molar-refractivity contribution is 7.22. The Bertz CT molecular complexity index is 964. The van der Waals surface area contributed by atoms with Crippen LogP contribution in [0.15, 0.2) is 36.4 Å². The lowest BCUT2D eigenvalue weighted by Gasteiger charge is -2.20. The molecular weight excluding hydrogens is 370 g/mol. The van der Waals surface area contributed by atoms with Gasteiger partial charge in [-0.1, -0.05) is 29.5 Å². The molecule has 0 aliphatic rings. The molecule has 0 spiro atoms. The predicted molar refractivity (Wildman–Crippen MR) is 116 cm³/mol. The number of nitrogens with one attached hydrogen (secondary N) is 1. The number of nitrogens with zero attached hydrogens (tertiary/aromatic N) is 2. The molecule has 0 saturated heterocycles. The molecule has 0 aliphatic carbocycles. The molecule has 1 amide bonds. The third-order valence-electron chi connectivity index (χ3n) is 4.69. The molecule has 1 heterocycles. The number of hydrogen-bond acceptors (Lipinski definition) is 4. The van der Waals surface area contributed by atoms with Gasteiger partial charge in [-0.2, -0.15) is 0 Å². The first-order valence-corrected chi connectivity index (χ1v) is 10.3. The molecule has 3 aromatic rings. The number of hydrogen-bond donors (Lipinski definition) is 1. The van der Waals surface area contributed by atoms with Crippen LogP contribution in [0.3, 0.4) is 0 Å². The number of quaternary nitrogens is 1. The number of thiazole rings is 1. The molecule has 0 unspecified atom stereocenters. The van der Waals surface area contributed by atoms with Gasteiger partial charge in [0.1, 0.15) is 5.75 Å². The van der Waals surface area contributed by atoms with Gasteiger partial charge in [0.15, 0.2) is 5.13 Å². The zero-order chi connectivity index (χ0) is 20.3. The summed E-state index contributed by atoms with van der Waals surface area (Å²) in [6, 6.07) is 11.9. The van der Waals surface area contributed by atoms with E-state index in [0.717, 1.165) is 33.2 Å². The summed E-state index contributed by atoms with van der Waals surface area (Å²) in [6.07, 6.45) is 0.348. The summed E-state index contributed by atoms with van der Waals surface area (Å²) >= 11 is 1.60. The predicted octanol–water partition coefficient (Wildman–Crippen LogP) is 2.64. The summed E-state index contributed by atoms with van der Waals surface area (Å²) in [4.78, 5) is 21.1. The maximum atomic E-state index is 13.2. The lowest BCUT2D eigenvalue weighted by molar-refractivity contribution is -0.856. The topological polar surface area (TPSA) is 46.9 Å². The van der Waals surface area contributed by atoms with Gasteiger partial charge in [0.25, 0.3) is 0 Å². The highest BCUT2D eigenvalue weighted by Gasteiger charge is 2.21. The van der Waals surface area contributed by atoms with Crippen LogP contribution < -0.4 is 14.5 Å². The van der Waals surface area contributed by atoms with Crippen LogP contribution >= 0.6 is 11.3 Å². The third kappa shape index (κ3) is 4.69. The van der Waals surface area contributed by atoms with Gasteiger partial charge < -0.3 is 9.64 Å². The van der Waals surface area contributed by atoms with Gasteiger partial charge in [0.2, 0.25) is 5.91 Å². The highest BCUT2D eigenvalue weighted by Crippen LogP contribution is 2.32. The van der Waals surface area contributed by atoms with Gasteiger partial charge in [0, 0.05) is 0 Å². The summed E-state index contributed by atoms with van der Waals surface area (Å²) in [7, 11) is 5.83. The van der Waals surface area contributed by atoms with Crippen LogP contribution in [-0.4, -0.2) is 45.2 Å². The Hall–Kier alpha value is -2.44. The number of carbonyl (C=O) groups excluding carboxylic acids is 1. The van der Waals surface area contributed by atoms with Crippen molar-refractivity contribution in [2.45, 2.75) is 20.3 Å². The summed E-state index contributed by atoms with van der Waals surface area (Å²) in [5, 5.41) is 0.781.